The third-order valence-corrected chi connectivity index (χ3v) is 3.74. The molecule has 0 fully saturated rings. The standard InChI is InChI=1S/C17H10ClFN4O2/c18-12-3-1-11(2-4-12)10-22-16(24)15(9-20)21-23(17(22)25)14-7-5-13(19)6-8-14/h1-8H,10H2. The van der Waals surface area contributed by atoms with E-state index in [-0.39, 0.29) is 12.2 Å². The Bertz CT molecular complexity index is 1080. The van der Waals surface area contributed by atoms with Gasteiger partial charge in [0.05, 0.1) is 12.2 Å². The number of rotatable bonds is 3. The summed E-state index contributed by atoms with van der Waals surface area (Å²) in [5.74, 6) is -0.480. The lowest BCUT2D eigenvalue weighted by molar-refractivity contribution is 0.606. The monoisotopic (exact) mass is 356 g/mol. The number of nitrogens with zero attached hydrogens (tertiary/aromatic N) is 4. The Balaban J connectivity index is 2.17. The Morgan fingerprint density at radius 1 is 1.08 bits per heavy atom. The number of hydrogen-bond donors (Lipinski definition) is 0. The van der Waals surface area contributed by atoms with E-state index >= 15 is 0 Å². The van der Waals surface area contributed by atoms with Crippen molar-refractivity contribution in [2.24, 2.45) is 0 Å². The van der Waals surface area contributed by atoms with Crippen molar-refractivity contribution in [1.82, 2.24) is 14.3 Å². The van der Waals surface area contributed by atoms with Gasteiger partial charge in [-0.15, -0.1) is 5.10 Å². The summed E-state index contributed by atoms with van der Waals surface area (Å²) in [5.41, 5.74) is -1.05. The first-order valence-corrected chi connectivity index (χ1v) is 7.52. The lowest BCUT2D eigenvalue weighted by Gasteiger charge is -2.10. The highest BCUT2D eigenvalue weighted by Gasteiger charge is 2.14. The molecule has 6 nitrogen and oxygen atoms in total. The quantitative estimate of drug-likeness (QED) is 0.719. The van der Waals surface area contributed by atoms with Gasteiger partial charge in [-0.2, -0.15) is 9.94 Å². The molecule has 0 saturated heterocycles. The number of nitriles is 1. The lowest BCUT2D eigenvalue weighted by Crippen LogP contribution is -2.42. The average Bonchev–Trinajstić information content (AvgIpc) is 2.61. The minimum atomic E-state index is -0.791. The lowest BCUT2D eigenvalue weighted by atomic mass is 10.2. The molecule has 0 aliphatic rings. The molecule has 124 valence electrons. The molecule has 2 aromatic carbocycles. The van der Waals surface area contributed by atoms with Crippen molar-refractivity contribution in [1.29, 1.82) is 5.26 Å². The maximum Gasteiger partial charge on any atom is 0.352 e. The molecule has 8 heteroatoms. The van der Waals surface area contributed by atoms with Crippen LogP contribution in [0.2, 0.25) is 5.02 Å². The van der Waals surface area contributed by atoms with Crippen LogP contribution < -0.4 is 11.2 Å². The van der Waals surface area contributed by atoms with Crippen molar-refractivity contribution in [3.05, 3.63) is 91.5 Å². The van der Waals surface area contributed by atoms with E-state index in [0.29, 0.717) is 10.6 Å². The summed E-state index contributed by atoms with van der Waals surface area (Å²) in [6.07, 6.45) is 0. The van der Waals surface area contributed by atoms with E-state index < -0.39 is 22.8 Å². The Hall–Kier alpha value is -3.24. The fourth-order valence-corrected chi connectivity index (χ4v) is 2.37. The van der Waals surface area contributed by atoms with Crippen molar-refractivity contribution < 1.29 is 4.39 Å². The Morgan fingerprint density at radius 2 is 1.72 bits per heavy atom. The van der Waals surface area contributed by atoms with Crippen LogP contribution in [-0.4, -0.2) is 14.3 Å². The topological polar surface area (TPSA) is 80.7 Å². The molecule has 0 unspecified atom stereocenters. The first-order valence-electron chi connectivity index (χ1n) is 7.14. The van der Waals surface area contributed by atoms with E-state index in [4.69, 9.17) is 16.9 Å². The molecule has 0 bridgehead atoms. The minimum absolute atomic E-state index is 0.0484. The van der Waals surface area contributed by atoms with E-state index in [1.165, 1.54) is 12.1 Å². The SMILES string of the molecule is N#Cc1nn(-c2ccc(F)cc2)c(=O)n(Cc2ccc(Cl)cc2)c1=O. The van der Waals surface area contributed by atoms with E-state index in [1.807, 2.05) is 0 Å². The van der Waals surface area contributed by atoms with Crippen molar-refractivity contribution in [3.8, 4) is 11.8 Å². The summed E-state index contributed by atoms with van der Waals surface area (Å²) in [6.45, 7) is -0.0484. The second kappa shape index (κ2) is 6.71. The van der Waals surface area contributed by atoms with Gasteiger partial charge < -0.3 is 0 Å². The predicted molar refractivity (Wildman–Crippen MR) is 89.3 cm³/mol. The van der Waals surface area contributed by atoms with Gasteiger partial charge in [-0.1, -0.05) is 23.7 Å². The molecule has 0 radical (unpaired) electrons. The normalized spacial score (nSPS) is 10.4. The summed E-state index contributed by atoms with van der Waals surface area (Å²) in [4.78, 5) is 25.0. The Morgan fingerprint density at radius 3 is 2.32 bits per heavy atom. The third kappa shape index (κ3) is 3.34. The van der Waals surface area contributed by atoms with Crippen LogP contribution in [0.1, 0.15) is 11.3 Å². The number of halogens is 2. The average molecular weight is 357 g/mol. The molecule has 0 saturated carbocycles. The smallest absolute Gasteiger partial charge is 0.266 e. The molecule has 25 heavy (non-hydrogen) atoms. The van der Waals surface area contributed by atoms with E-state index in [2.05, 4.69) is 5.10 Å². The van der Waals surface area contributed by atoms with Crippen molar-refractivity contribution in [2.45, 2.75) is 6.54 Å². The zero-order valence-corrected chi connectivity index (χ0v) is 13.4. The number of hydrogen-bond acceptors (Lipinski definition) is 4. The molecule has 1 heterocycles. The third-order valence-electron chi connectivity index (χ3n) is 3.49. The first-order chi connectivity index (χ1) is 12.0. The molecule has 3 rings (SSSR count). The van der Waals surface area contributed by atoms with Crippen LogP contribution in [0.3, 0.4) is 0 Å². The van der Waals surface area contributed by atoms with Crippen molar-refractivity contribution in [2.75, 3.05) is 0 Å². The molecule has 0 spiro atoms. The summed E-state index contributed by atoms with van der Waals surface area (Å²) >= 11 is 5.82. The summed E-state index contributed by atoms with van der Waals surface area (Å²) in [7, 11) is 0. The minimum Gasteiger partial charge on any atom is -0.266 e. The summed E-state index contributed by atoms with van der Waals surface area (Å²) < 4.78 is 14.9. The zero-order chi connectivity index (χ0) is 18.0. The van der Waals surface area contributed by atoms with Gasteiger partial charge in [-0.05, 0) is 42.0 Å². The van der Waals surface area contributed by atoms with Gasteiger partial charge in [-0.25, -0.2) is 9.18 Å². The van der Waals surface area contributed by atoms with Crippen molar-refractivity contribution >= 4 is 11.6 Å². The van der Waals surface area contributed by atoms with Crippen LogP contribution >= 0.6 is 11.6 Å². The molecule has 0 atom stereocenters. The van der Waals surface area contributed by atoms with Crippen LogP contribution in [-0.2, 0) is 6.54 Å². The maximum atomic E-state index is 13.1. The van der Waals surface area contributed by atoms with E-state index in [1.54, 1.807) is 30.3 Å². The van der Waals surface area contributed by atoms with E-state index in [9.17, 15) is 14.0 Å². The molecule has 3 aromatic rings. The highest BCUT2D eigenvalue weighted by atomic mass is 35.5. The summed E-state index contributed by atoms with van der Waals surface area (Å²) in [6, 6.07) is 13.3. The second-order valence-electron chi connectivity index (χ2n) is 5.15. The number of benzene rings is 2. The van der Waals surface area contributed by atoms with Gasteiger partial charge in [-0.3, -0.25) is 9.36 Å². The predicted octanol–water partition coefficient (Wildman–Crippen LogP) is 2.11. The van der Waals surface area contributed by atoms with Crippen LogP contribution in [0.15, 0.2) is 58.1 Å². The zero-order valence-electron chi connectivity index (χ0n) is 12.7. The van der Waals surface area contributed by atoms with Gasteiger partial charge in [0.25, 0.3) is 5.56 Å². The molecular formula is C17H10ClFN4O2. The molecule has 0 N–H and O–H groups in total. The largest absolute Gasteiger partial charge is 0.352 e. The van der Waals surface area contributed by atoms with Gasteiger partial charge in [0.1, 0.15) is 11.9 Å². The molecule has 0 aliphatic heterocycles. The van der Waals surface area contributed by atoms with Gasteiger partial charge in [0.2, 0.25) is 5.69 Å². The first kappa shape index (κ1) is 16.6. The van der Waals surface area contributed by atoms with Crippen LogP contribution in [0.25, 0.3) is 5.69 Å². The summed E-state index contributed by atoms with van der Waals surface area (Å²) in [5, 5.41) is 13.4. The Labute approximate surface area is 146 Å². The van der Waals surface area contributed by atoms with Gasteiger partial charge in [0, 0.05) is 5.02 Å². The highest BCUT2D eigenvalue weighted by molar-refractivity contribution is 6.30. The fraction of sp³-hybridized carbons (Fsp3) is 0.0588. The maximum absolute atomic E-state index is 13.1. The Kier molecular flexibility index (Phi) is 4.46. The highest BCUT2D eigenvalue weighted by Crippen LogP contribution is 2.10. The molecule has 0 aliphatic carbocycles. The molecular weight excluding hydrogens is 347 g/mol. The van der Waals surface area contributed by atoms with Gasteiger partial charge in [0.15, 0.2) is 0 Å². The van der Waals surface area contributed by atoms with Crippen molar-refractivity contribution in [3.63, 3.8) is 0 Å². The molecule has 1 aromatic heterocycles. The second-order valence-corrected chi connectivity index (χ2v) is 5.59. The van der Waals surface area contributed by atoms with Crippen LogP contribution in [0, 0.1) is 17.1 Å². The van der Waals surface area contributed by atoms with Crippen LogP contribution in [0.4, 0.5) is 4.39 Å². The fourth-order valence-electron chi connectivity index (χ4n) is 2.25. The number of aromatic nitrogens is 3. The van der Waals surface area contributed by atoms with E-state index in [0.717, 1.165) is 21.4 Å². The van der Waals surface area contributed by atoms with Gasteiger partial charge >= 0.3 is 5.69 Å². The molecule has 0 amide bonds. The van der Waals surface area contributed by atoms with Crippen LogP contribution in [0.5, 0.6) is 0 Å².